The molecule has 0 saturated carbocycles. The third-order valence-corrected chi connectivity index (χ3v) is 3.28. The van der Waals surface area contributed by atoms with E-state index in [0.717, 1.165) is 0 Å². The second-order valence-electron chi connectivity index (χ2n) is 3.83. The Hall–Kier alpha value is -1.11. The molecular formula is C10H13ClN2O3S. The number of carbonyl (C=O) groups is 1. The molecule has 1 rings (SSSR count). The van der Waals surface area contributed by atoms with Gasteiger partial charge in [-0.15, -0.1) is 0 Å². The molecule has 1 aromatic rings. The van der Waals surface area contributed by atoms with E-state index in [2.05, 4.69) is 5.32 Å². The Morgan fingerprint density at radius 1 is 1.41 bits per heavy atom. The summed E-state index contributed by atoms with van der Waals surface area (Å²) in [5.41, 5.74) is 0.359. The van der Waals surface area contributed by atoms with Gasteiger partial charge in [0.25, 0.3) is 0 Å². The molecule has 0 fully saturated rings. The van der Waals surface area contributed by atoms with Crippen molar-refractivity contribution in [2.75, 3.05) is 5.32 Å². The number of hydrogen-bond donors (Lipinski definition) is 2. The molecule has 0 aromatic heterocycles. The van der Waals surface area contributed by atoms with Crippen molar-refractivity contribution in [1.82, 2.24) is 0 Å². The molecular weight excluding hydrogens is 264 g/mol. The third-order valence-electron chi connectivity index (χ3n) is 2.05. The van der Waals surface area contributed by atoms with Gasteiger partial charge >= 0.3 is 0 Å². The number of anilines is 1. The average Bonchev–Trinajstić information content (AvgIpc) is 2.19. The van der Waals surface area contributed by atoms with E-state index in [-0.39, 0.29) is 21.7 Å². The zero-order chi connectivity index (χ0) is 13.2. The van der Waals surface area contributed by atoms with Crippen LogP contribution in [0.1, 0.15) is 13.8 Å². The number of nitrogens with two attached hydrogens (primary N) is 1. The highest BCUT2D eigenvalue weighted by molar-refractivity contribution is 7.89. The zero-order valence-corrected chi connectivity index (χ0v) is 11.0. The average molecular weight is 277 g/mol. The smallest absolute Gasteiger partial charge is 0.238 e. The first kappa shape index (κ1) is 14.0. The van der Waals surface area contributed by atoms with Crippen molar-refractivity contribution in [2.45, 2.75) is 18.7 Å². The summed E-state index contributed by atoms with van der Waals surface area (Å²) in [5, 5.41) is 7.66. The number of sulfonamides is 1. The molecule has 0 spiro atoms. The van der Waals surface area contributed by atoms with Crippen molar-refractivity contribution in [2.24, 2.45) is 11.1 Å². The number of nitrogens with one attached hydrogen (secondary N) is 1. The summed E-state index contributed by atoms with van der Waals surface area (Å²) in [5.74, 6) is -0.390. The fourth-order valence-electron chi connectivity index (χ4n) is 1.05. The van der Waals surface area contributed by atoms with Crippen molar-refractivity contribution in [3.8, 4) is 0 Å². The molecule has 3 N–H and O–H groups in total. The Labute approximate surface area is 105 Å². The van der Waals surface area contributed by atoms with Gasteiger partial charge in [-0.05, 0) is 18.2 Å². The minimum absolute atomic E-state index is 0.0926. The maximum Gasteiger partial charge on any atom is 0.238 e. The van der Waals surface area contributed by atoms with Crippen molar-refractivity contribution in [3.05, 3.63) is 23.2 Å². The maximum atomic E-state index is 11.4. The first-order valence-corrected chi connectivity index (χ1v) is 6.77. The summed E-state index contributed by atoms with van der Waals surface area (Å²) in [6, 6.07) is 3.90. The van der Waals surface area contributed by atoms with Gasteiger partial charge in [0, 0.05) is 5.92 Å². The molecule has 0 heterocycles. The van der Waals surface area contributed by atoms with Crippen LogP contribution in [0.3, 0.4) is 0 Å². The van der Waals surface area contributed by atoms with Crippen molar-refractivity contribution in [3.63, 3.8) is 0 Å². The van der Waals surface area contributed by atoms with Gasteiger partial charge in [-0.1, -0.05) is 25.4 Å². The van der Waals surface area contributed by atoms with E-state index >= 15 is 0 Å². The third kappa shape index (κ3) is 3.69. The molecule has 17 heavy (non-hydrogen) atoms. The Kier molecular flexibility index (Phi) is 4.13. The van der Waals surface area contributed by atoms with E-state index in [1.807, 2.05) is 0 Å². The van der Waals surface area contributed by atoms with Gasteiger partial charge in [-0.2, -0.15) is 0 Å². The highest BCUT2D eigenvalue weighted by Gasteiger charge is 2.13. The van der Waals surface area contributed by atoms with Crippen LogP contribution < -0.4 is 10.5 Å². The van der Waals surface area contributed by atoms with Crippen molar-refractivity contribution in [1.29, 1.82) is 0 Å². The van der Waals surface area contributed by atoms with Gasteiger partial charge in [0.15, 0.2) is 0 Å². The molecule has 0 saturated heterocycles. The Morgan fingerprint density at radius 3 is 2.41 bits per heavy atom. The second kappa shape index (κ2) is 5.03. The number of hydrogen-bond acceptors (Lipinski definition) is 3. The lowest BCUT2D eigenvalue weighted by atomic mass is 10.2. The Balaban J connectivity index is 3.03. The highest BCUT2D eigenvalue weighted by atomic mass is 35.5. The number of rotatable bonds is 3. The van der Waals surface area contributed by atoms with E-state index in [1.54, 1.807) is 13.8 Å². The van der Waals surface area contributed by atoms with Crippen LogP contribution in [-0.2, 0) is 14.8 Å². The topological polar surface area (TPSA) is 89.3 Å². The normalized spacial score (nSPS) is 11.6. The molecule has 1 aromatic carbocycles. The van der Waals surface area contributed by atoms with E-state index in [0.29, 0.717) is 5.69 Å². The predicted molar refractivity (Wildman–Crippen MR) is 66.3 cm³/mol. The Morgan fingerprint density at radius 2 is 2.00 bits per heavy atom. The summed E-state index contributed by atoms with van der Waals surface area (Å²) in [4.78, 5) is 11.3. The Bertz CT molecular complexity index is 540. The maximum absolute atomic E-state index is 11.4. The molecule has 5 nitrogen and oxygen atoms in total. The largest absolute Gasteiger partial charge is 0.325 e. The summed E-state index contributed by atoms with van der Waals surface area (Å²) in [6.07, 6.45) is 0. The molecule has 0 bridgehead atoms. The first-order chi connectivity index (χ1) is 7.71. The van der Waals surface area contributed by atoms with Gasteiger partial charge in [-0.3, -0.25) is 4.79 Å². The quantitative estimate of drug-likeness (QED) is 0.878. The first-order valence-electron chi connectivity index (χ1n) is 4.85. The monoisotopic (exact) mass is 276 g/mol. The van der Waals surface area contributed by atoms with Crippen LogP contribution in [0.5, 0.6) is 0 Å². The van der Waals surface area contributed by atoms with E-state index in [1.165, 1.54) is 18.2 Å². The predicted octanol–water partition coefficient (Wildman–Crippen LogP) is 1.58. The number of halogens is 1. The molecule has 0 unspecified atom stereocenters. The minimum Gasteiger partial charge on any atom is -0.325 e. The number of primary sulfonamides is 1. The van der Waals surface area contributed by atoms with Gasteiger partial charge in [0.05, 0.1) is 15.6 Å². The molecule has 0 radical (unpaired) electrons. The summed E-state index contributed by atoms with van der Waals surface area (Å²) in [7, 11) is -3.78. The van der Waals surface area contributed by atoms with E-state index < -0.39 is 10.0 Å². The SMILES string of the molecule is CC(C)C(=O)Nc1ccc(S(N)(=O)=O)cc1Cl. The van der Waals surface area contributed by atoms with Crippen LogP contribution in [0.4, 0.5) is 5.69 Å². The molecule has 1 amide bonds. The number of benzene rings is 1. The fourth-order valence-corrected chi connectivity index (χ4v) is 1.88. The van der Waals surface area contributed by atoms with Crippen LogP contribution in [0.25, 0.3) is 0 Å². The van der Waals surface area contributed by atoms with Crippen LogP contribution in [-0.4, -0.2) is 14.3 Å². The number of carbonyl (C=O) groups excluding carboxylic acids is 1. The van der Waals surface area contributed by atoms with Crippen molar-refractivity contribution >= 4 is 33.2 Å². The highest BCUT2D eigenvalue weighted by Crippen LogP contribution is 2.25. The molecule has 0 aliphatic carbocycles. The fraction of sp³-hybridized carbons (Fsp3) is 0.300. The summed E-state index contributed by atoms with van der Waals surface area (Å²) >= 11 is 5.85. The molecule has 94 valence electrons. The molecule has 0 atom stereocenters. The molecule has 7 heteroatoms. The van der Waals surface area contributed by atoms with Crippen LogP contribution >= 0.6 is 11.6 Å². The standard InChI is InChI=1S/C10H13ClN2O3S/c1-6(2)10(14)13-9-4-3-7(5-8(9)11)17(12,15)16/h3-6H,1-2H3,(H,13,14)(H2,12,15,16). The van der Waals surface area contributed by atoms with Crippen LogP contribution in [0.15, 0.2) is 23.1 Å². The van der Waals surface area contributed by atoms with E-state index in [9.17, 15) is 13.2 Å². The molecule has 0 aliphatic heterocycles. The lowest BCUT2D eigenvalue weighted by molar-refractivity contribution is -0.118. The van der Waals surface area contributed by atoms with Gasteiger partial charge in [-0.25, -0.2) is 13.6 Å². The van der Waals surface area contributed by atoms with Crippen LogP contribution in [0.2, 0.25) is 5.02 Å². The molecule has 0 aliphatic rings. The number of amides is 1. The lowest BCUT2D eigenvalue weighted by Crippen LogP contribution is -2.18. The van der Waals surface area contributed by atoms with Gasteiger partial charge < -0.3 is 5.32 Å². The van der Waals surface area contributed by atoms with E-state index in [4.69, 9.17) is 16.7 Å². The van der Waals surface area contributed by atoms with Crippen molar-refractivity contribution < 1.29 is 13.2 Å². The summed E-state index contributed by atoms with van der Waals surface area (Å²) in [6.45, 7) is 3.48. The minimum atomic E-state index is -3.78. The van der Waals surface area contributed by atoms with Gasteiger partial charge in [0.1, 0.15) is 0 Å². The lowest BCUT2D eigenvalue weighted by Gasteiger charge is -2.10. The zero-order valence-electron chi connectivity index (χ0n) is 9.40. The van der Waals surface area contributed by atoms with Crippen LogP contribution in [0, 0.1) is 5.92 Å². The van der Waals surface area contributed by atoms with Gasteiger partial charge in [0.2, 0.25) is 15.9 Å². The summed E-state index contributed by atoms with van der Waals surface area (Å²) < 4.78 is 22.1. The second-order valence-corrected chi connectivity index (χ2v) is 5.80.